The zero-order chi connectivity index (χ0) is 17.7. The molecule has 9 heteroatoms. The zero-order valence-electron chi connectivity index (χ0n) is 13.8. The summed E-state index contributed by atoms with van der Waals surface area (Å²) in [6.45, 7) is 7.15. The van der Waals surface area contributed by atoms with Gasteiger partial charge in [-0.25, -0.2) is 4.39 Å². The topological polar surface area (TPSA) is 80.1 Å². The van der Waals surface area contributed by atoms with Gasteiger partial charge in [-0.05, 0) is 39.8 Å². The van der Waals surface area contributed by atoms with Crippen molar-refractivity contribution in [3.63, 3.8) is 0 Å². The average molecular weight is 337 g/mol. The first-order chi connectivity index (χ1) is 11.1. The Bertz CT molecular complexity index is 717. The van der Waals surface area contributed by atoms with Crippen molar-refractivity contribution < 1.29 is 28.1 Å². The summed E-state index contributed by atoms with van der Waals surface area (Å²) in [7, 11) is -1.22. The van der Waals surface area contributed by atoms with E-state index in [-0.39, 0.29) is 23.8 Å². The van der Waals surface area contributed by atoms with Crippen LogP contribution in [0.5, 0.6) is 11.5 Å². The van der Waals surface area contributed by atoms with Gasteiger partial charge in [0.25, 0.3) is 5.69 Å². The number of ether oxygens (including phenoxy) is 2. The van der Waals surface area contributed by atoms with Crippen LogP contribution in [0.15, 0.2) is 17.9 Å². The number of nitrogens with zero attached hydrogens (tertiary/aromatic N) is 1. The summed E-state index contributed by atoms with van der Waals surface area (Å²) in [5.74, 6) is 0.587. The molecule has 2 aliphatic heterocycles. The van der Waals surface area contributed by atoms with Crippen LogP contribution >= 0.6 is 0 Å². The summed E-state index contributed by atoms with van der Waals surface area (Å²) < 4.78 is 36.1. The van der Waals surface area contributed by atoms with Gasteiger partial charge >= 0.3 is 7.12 Å². The van der Waals surface area contributed by atoms with E-state index in [9.17, 15) is 14.5 Å². The molecule has 128 valence electrons. The maximum Gasteiger partial charge on any atom is 0.525 e. The minimum atomic E-state index is -1.22. The highest BCUT2D eigenvalue weighted by atomic mass is 19.1. The number of benzene rings is 1. The number of nitro benzene ring substituents is 1. The van der Waals surface area contributed by atoms with Crippen molar-refractivity contribution in [3.8, 4) is 11.5 Å². The van der Waals surface area contributed by atoms with E-state index in [0.717, 1.165) is 6.08 Å². The smallest absolute Gasteiger partial charge is 0.454 e. The second-order valence-corrected chi connectivity index (χ2v) is 6.64. The molecule has 0 bridgehead atoms. The molecule has 1 aromatic carbocycles. The molecule has 0 unspecified atom stereocenters. The molecular weight excluding hydrogens is 320 g/mol. The van der Waals surface area contributed by atoms with E-state index < -0.39 is 29.0 Å². The molecule has 0 aromatic heterocycles. The molecule has 0 amide bonds. The second-order valence-electron chi connectivity index (χ2n) is 6.64. The predicted molar refractivity (Wildman–Crippen MR) is 84.4 cm³/mol. The Balaban J connectivity index is 1.95. The molecule has 1 saturated heterocycles. The van der Waals surface area contributed by atoms with E-state index in [1.54, 1.807) is 27.7 Å². The van der Waals surface area contributed by atoms with Crippen LogP contribution in [0.3, 0.4) is 0 Å². The van der Waals surface area contributed by atoms with Gasteiger partial charge < -0.3 is 18.8 Å². The highest BCUT2D eigenvalue weighted by molar-refractivity contribution is 6.54. The van der Waals surface area contributed by atoms with Gasteiger partial charge in [0.15, 0.2) is 11.5 Å². The van der Waals surface area contributed by atoms with Crippen LogP contribution in [-0.4, -0.2) is 30.0 Å². The fourth-order valence-electron chi connectivity index (χ4n) is 2.39. The zero-order valence-corrected chi connectivity index (χ0v) is 13.8. The molecule has 0 atom stereocenters. The lowest BCUT2D eigenvalue weighted by Crippen LogP contribution is -2.41. The van der Waals surface area contributed by atoms with E-state index in [4.69, 9.17) is 18.8 Å². The Hall–Kier alpha value is -2.13. The van der Waals surface area contributed by atoms with Crippen LogP contribution in [0, 0.1) is 10.1 Å². The number of fused-ring (bicyclic) bond motifs is 1. The Morgan fingerprint density at radius 2 is 1.75 bits per heavy atom. The number of hydrogen-bond acceptors (Lipinski definition) is 6. The van der Waals surface area contributed by atoms with E-state index in [1.807, 2.05) is 0 Å². The van der Waals surface area contributed by atoms with E-state index in [0.29, 0.717) is 5.75 Å². The molecule has 3 rings (SSSR count). The van der Waals surface area contributed by atoms with Crippen molar-refractivity contribution in [1.82, 2.24) is 0 Å². The Labute approximate surface area is 138 Å². The highest BCUT2D eigenvalue weighted by Crippen LogP contribution is 2.41. The van der Waals surface area contributed by atoms with Gasteiger partial charge in [0.05, 0.1) is 27.8 Å². The summed E-state index contributed by atoms with van der Waals surface area (Å²) in [5.41, 5.74) is -2.40. The van der Waals surface area contributed by atoms with E-state index in [2.05, 4.69) is 0 Å². The summed E-state index contributed by atoms with van der Waals surface area (Å²) in [6, 6.07) is 2.58. The number of nitro groups is 1. The van der Waals surface area contributed by atoms with Crippen molar-refractivity contribution in [3.05, 3.63) is 33.5 Å². The molecule has 0 N–H and O–H groups in total. The SMILES string of the molecule is CC1(C)OB(C(F)=Cc2cc3c(cc2[N+](=O)[O-])OCO3)OC1(C)C. The third-order valence-electron chi connectivity index (χ3n) is 4.49. The lowest BCUT2D eigenvalue weighted by Gasteiger charge is -2.32. The lowest BCUT2D eigenvalue weighted by molar-refractivity contribution is -0.385. The third-order valence-corrected chi connectivity index (χ3v) is 4.49. The Kier molecular flexibility index (Phi) is 3.80. The minimum Gasteiger partial charge on any atom is -0.454 e. The van der Waals surface area contributed by atoms with Crippen molar-refractivity contribution in [1.29, 1.82) is 0 Å². The summed E-state index contributed by atoms with van der Waals surface area (Å²) in [4.78, 5) is 10.6. The van der Waals surface area contributed by atoms with Crippen molar-refractivity contribution in [2.75, 3.05) is 6.79 Å². The summed E-state index contributed by atoms with van der Waals surface area (Å²) >= 11 is 0. The summed E-state index contributed by atoms with van der Waals surface area (Å²) in [5, 5.41) is 11.2. The normalized spacial score (nSPS) is 21.2. The molecule has 0 radical (unpaired) electrons. The van der Waals surface area contributed by atoms with Crippen LogP contribution < -0.4 is 9.47 Å². The van der Waals surface area contributed by atoms with Crippen molar-refractivity contribution in [2.24, 2.45) is 0 Å². The lowest BCUT2D eigenvalue weighted by atomic mass is 9.86. The van der Waals surface area contributed by atoms with Crippen molar-refractivity contribution in [2.45, 2.75) is 38.9 Å². The highest BCUT2D eigenvalue weighted by Gasteiger charge is 2.53. The molecule has 2 aliphatic rings. The first kappa shape index (κ1) is 16.7. The maximum absolute atomic E-state index is 14.6. The average Bonchev–Trinajstić information content (AvgIpc) is 2.99. The number of rotatable bonds is 3. The summed E-state index contributed by atoms with van der Waals surface area (Å²) in [6.07, 6.45) is 1.03. The Morgan fingerprint density at radius 1 is 1.21 bits per heavy atom. The largest absolute Gasteiger partial charge is 0.525 e. The van der Waals surface area contributed by atoms with Gasteiger partial charge in [0.2, 0.25) is 6.79 Å². The number of halogens is 1. The van der Waals surface area contributed by atoms with Gasteiger partial charge in [0.1, 0.15) is 5.73 Å². The van der Waals surface area contributed by atoms with Gasteiger partial charge in [-0.1, -0.05) is 0 Å². The maximum atomic E-state index is 14.6. The van der Waals surface area contributed by atoms with Crippen LogP contribution in [0.2, 0.25) is 0 Å². The standard InChI is InChI=1S/C15H17BFNO6/c1-14(2)15(3,4)24-16(23-14)13(17)6-9-5-11-12(22-8-21-11)7-10(9)18(19)20/h5-7H,8H2,1-4H3. The van der Waals surface area contributed by atoms with Gasteiger partial charge in [-0.2, -0.15) is 0 Å². The quantitative estimate of drug-likeness (QED) is 0.478. The molecule has 1 fully saturated rings. The Morgan fingerprint density at radius 3 is 2.29 bits per heavy atom. The fourth-order valence-corrected chi connectivity index (χ4v) is 2.39. The first-order valence-corrected chi connectivity index (χ1v) is 7.41. The molecule has 24 heavy (non-hydrogen) atoms. The van der Waals surface area contributed by atoms with Crippen LogP contribution in [0.1, 0.15) is 33.3 Å². The second kappa shape index (κ2) is 5.46. The van der Waals surface area contributed by atoms with E-state index >= 15 is 0 Å². The van der Waals surface area contributed by atoms with Crippen molar-refractivity contribution >= 4 is 18.9 Å². The van der Waals surface area contributed by atoms with Crippen LogP contribution in [0.4, 0.5) is 10.1 Å². The van der Waals surface area contributed by atoms with E-state index in [1.165, 1.54) is 12.1 Å². The molecule has 0 saturated carbocycles. The molecule has 7 nitrogen and oxygen atoms in total. The third kappa shape index (κ3) is 2.74. The number of hydrogen-bond donors (Lipinski definition) is 0. The van der Waals surface area contributed by atoms with Crippen LogP contribution in [0.25, 0.3) is 6.08 Å². The van der Waals surface area contributed by atoms with Gasteiger partial charge in [0, 0.05) is 0 Å². The molecule has 0 spiro atoms. The fraction of sp³-hybridized carbons (Fsp3) is 0.467. The molecule has 0 aliphatic carbocycles. The first-order valence-electron chi connectivity index (χ1n) is 7.41. The van der Waals surface area contributed by atoms with Gasteiger partial charge in [-0.3, -0.25) is 10.1 Å². The molecule has 2 heterocycles. The molecule has 1 aromatic rings. The predicted octanol–water partition coefficient (Wildman–Crippen LogP) is 3.27. The minimum absolute atomic E-state index is 0.0284. The van der Waals surface area contributed by atoms with Gasteiger partial charge in [-0.15, -0.1) is 0 Å². The monoisotopic (exact) mass is 337 g/mol. The van der Waals surface area contributed by atoms with Crippen LogP contribution in [-0.2, 0) is 9.31 Å². The molecular formula is C15H17BFNO6.